The summed E-state index contributed by atoms with van der Waals surface area (Å²) in [6.45, 7) is 7.00. The third-order valence-electron chi connectivity index (χ3n) is 7.96. The maximum Gasteiger partial charge on any atom is 0.305 e. The predicted molar refractivity (Wildman–Crippen MR) is 156 cm³/mol. The summed E-state index contributed by atoms with van der Waals surface area (Å²) in [4.78, 5) is 27.0. The van der Waals surface area contributed by atoms with E-state index in [1.807, 2.05) is 0 Å². The molecule has 1 saturated carbocycles. The molecule has 1 aliphatic carbocycles. The summed E-state index contributed by atoms with van der Waals surface area (Å²) < 4.78 is 11.2. The molecule has 0 aromatic carbocycles. The molecule has 6 heteroatoms. The summed E-state index contributed by atoms with van der Waals surface area (Å²) in [6.07, 6.45) is 22.7. The molecule has 1 N–H and O–H groups in total. The Morgan fingerprint density at radius 1 is 0.711 bits per heavy atom. The van der Waals surface area contributed by atoms with Crippen molar-refractivity contribution in [3.8, 4) is 0 Å². The molecule has 1 fully saturated rings. The first-order valence-corrected chi connectivity index (χ1v) is 16.3. The Kier molecular flexibility index (Phi) is 22.8. The molecule has 0 heterocycles. The molecule has 0 aromatic rings. The molecule has 1 rings (SSSR count). The van der Waals surface area contributed by atoms with E-state index in [0.717, 1.165) is 58.0 Å². The smallest absolute Gasteiger partial charge is 0.305 e. The average molecular weight is 540 g/mol. The second kappa shape index (κ2) is 24.9. The molecule has 0 unspecified atom stereocenters. The number of aliphatic hydroxyl groups is 1. The normalized spacial score (nSPS) is 14.7. The van der Waals surface area contributed by atoms with Gasteiger partial charge in [0.05, 0.1) is 19.8 Å². The van der Waals surface area contributed by atoms with Crippen LogP contribution in [0.2, 0.25) is 0 Å². The highest BCUT2D eigenvalue weighted by Crippen LogP contribution is 2.23. The van der Waals surface area contributed by atoms with Gasteiger partial charge >= 0.3 is 11.9 Å². The maximum atomic E-state index is 12.3. The van der Waals surface area contributed by atoms with Gasteiger partial charge in [0.2, 0.25) is 0 Å². The number of ether oxygens (including phenoxy) is 2. The monoisotopic (exact) mass is 539 g/mol. The van der Waals surface area contributed by atoms with Crippen LogP contribution in [-0.4, -0.2) is 60.9 Å². The van der Waals surface area contributed by atoms with Gasteiger partial charge in [0.15, 0.2) is 0 Å². The third-order valence-corrected chi connectivity index (χ3v) is 7.96. The number of carbonyl (C=O) groups is 2. The van der Waals surface area contributed by atoms with Crippen LogP contribution in [0, 0.1) is 5.92 Å². The molecule has 224 valence electrons. The fraction of sp³-hybridized carbons (Fsp3) is 0.938. The van der Waals surface area contributed by atoms with Gasteiger partial charge in [-0.25, -0.2) is 0 Å². The van der Waals surface area contributed by atoms with Crippen molar-refractivity contribution >= 4 is 11.9 Å². The van der Waals surface area contributed by atoms with Gasteiger partial charge in [0.1, 0.15) is 0 Å². The number of rotatable bonds is 24. The summed E-state index contributed by atoms with van der Waals surface area (Å²) in [5.74, 6) is -0.209. The highest BCUT2D eigenvalue weighted by atomic mass is 16.5. The van der Waals surface area contributed by atoms with Gasteiger partial charge in [-0.05, 0) is 45.1 Å². The largest absolute Gasteiger partial charge is 0.465 e. The summed E-state index contributed by atoms with van der Waals surface area (Å²) in [5.41, 5.74) is 0. The van der Waals surface area contributed by atoms with E-state index in [1.54, 1.807) is 0 Å². The fourth-order valence-electron chi connectivity index (χ4n) is 5.50. The Bertz CT molecular complexity index is 532. The van der Waals surface area contributed by atoms with Gasteiger partial charge in [-0.1, -0.05) is 97.3 Å². The van der Waals surface area contributed by atoms with E-state index < -0.39 is 0 Å². The van der Waals surface area contributed by atoms with Crippen LogP contribution in [0.15, 0.2) is 0 Å². The van der Waals surface area contributed by atoms with Crippen LogP contribution in [0.5, 0.6) is 0 Å². The lowest BCUT2D eigenvalue weighted by molar-refractivity contribution is -0.149. The fourth-order valence-corrected chi connectivity index (χ4v) is 5.50. The van der Waals surface area contributed by atoms with E-state index in [4.69, 9.17) is 9.47 Å². The molecular formula is C32H61NO5. The molecule has 0 amide bonds. The van der Waals surface area contributed by atoms with Gasteiger partial charge in [-0.15, -0.1) is 0 Å². The van der Waals surface area contributed by atoms with E-state index in [0.29, 0.717) is 32.1 Å². The average Bonchev–Trinajstić information content (AvgIpc) is 3.21. The third kappa shape index (κ3) is 19.0. The van der Waals surface area contributed by atoms with Gasteiger partial charge < -0.3 is 14.6 Å². The zero-order valence-corrected chi connectivity index (χ0v) is 25.1. The number of hydrogen-bond donors (Lipinski definition) is 1. The highest BCUT2D eigenvalue weighted by Gasteiger charge is 2.20. The van der Waals surface area contributed by atoms with Crippen LogP contribution in [0.1, 0.15) is 149 Å². The lowest BCUT2D eigenvalue weighted by Crippen LogP contribution is -2.38. The molecule has 0 aromatic heterocycles. The standard InChI is InChI=1S/C32H61NO5/c1-3-5-7-9-15-22-31(35)37-27-29(28-38-32(36)23-16-10-8-6-4-2)19-17-18-24-33(25-26-34)30-20-13-11-12-14-21-30/h29-30,34H,3-28H2,1-2H3. The Morgan fingerprint density at radius 2 is 1.24 bits per heavy atom. The lowest BCUT2D eigenvalue weighted by Gasteiger charge is -2.30. The lowest BCUT2D eigenvalue weighted by atomic mass is 10.0. The maximum absolute atomic E-state index is 12.3. The zero-order chi connectivity index (χ0) is 27.7. The molecule has 0 saturated heterocycles. The molecule has 1 aliphatic rings. The van der Waals surface area contributed by atoms with Gasteiger partial charge in [0.25, 0.3) is 0 Å². The minimum Gasteiger partial charge on any atom is -0.465 e. The molecule has 0 spiro atoms. The number of aliphatic hydroxyl groups excluding tert-OH is 1. The summed E-state index contributed by atoms with van der Waals surface area (Å²) in [5, 5.41) is 9.60. The Labute approximate surface area is 234 Å². The summed E-state index contributed by atoms with van der Waals surface area (Å²) in [6, 6.07) is 0.594. The van der Waals surface area contributed by atoms with Crippen molar-refractivity contribution in [2.75, 3.05) is 32.9 Å². The van der Waals surface area contributed by atoms with Gasteiger partial charge in [0, 0.05) is 31.3 Å². The summed E-state index contributed by atoms with van der Waals surface area (Å²) in [7, 11) is 0. The van der Waals surface area contributed by atoms with Gasteiger partial charge in [-0.3, -0.25) is 14.5 Å². The molecule has 38 heavy (non-hydrogen) atoms. The second-order valence-corrected chi connectivity index (χ2v) is 11.5. The highest BCUT2D eigenvalue weighted by molar-refractivity contribution is 5.69. The second-order valence-electron chi connectivity index (χ2n) is 11.5. The van der Waals surface area contributed by atoms with Crippen LogP contribution >= 0.6 is 0 Å². The van der Waals surface area contributed by atoms with Crippen LogP contribution in [0.25, 0.3) is 0 Å². The Morgan fingerprint density at radius 3 is 1.74 bits per heavy atom. The van der Waals surface area contributed by atoms with Crippen molar-refractivity contribution in [3.05, 3.63) is 0 Å². The van der Waals surface area contributed by atoms with E-state index in [1.165, 1.54) is 77.0 Å². The van der Waals surface area contributed by atoms with Crippen molar-refractivity contribution in [2.45, 2.75) is 155 Å². The molecule has 0 radical (unpaired) electrons. The van der Waals surface area contributed by atoms with Crippen molar-refractivity contribution in [1.29, 1.82) is 0 Å². The van der Waals surface area contributed by atoms with Crippen LogP contribution < -0.4 is 0 Å². The zero-order valence-electron chi connectivity index (χ0n) is 25.1. The number of nitrogens with zero attached hydrogens (tertiary/aromatic N) is 1. The van der Waals surface area contributed by atoms with Crippen LogP contribution in [-0.2, 0) is 19.1 Å². The molecule has 0 atom stereocenters. The first-order chi connectivity index (χ1) is 18.6. The van der Waals surface area contributed by atoms with Crippen molar-refractivity contribution in [1.82, 2.24) is 4.90 Å². The van der Waals surface area contributed by atoms with Crippen molar-refractivity contribution < 1.29 is 24.2 Å². The first kappa shape index (κ1) is 34.9. The molecule has 0 bridgehead atoms. The summed E-state index contributed by atoms with van der Waals surface area (Å²) >= 11 is 0. The van der Waals surface area contributed by atoms with Crippen LogP contribution in [0.3, 0.4) is 0 Å². The van der Waals surface area contributed by atoms with Crippen molar-refractivity contribution in [3.63, 3.8) is 0 Å². The van der Waals surface area contributed by atoms with Gasteiger partial charge in [-0.2, -0.15) is 0 Å². The van der Waals surface area contributed by atoms with E-state index >= 15 is 0 Å². The Balaban J connectivity index is 2.45. The first-order valence-electron chi connectivity index (χ1n) is 16.3. The number of unbranched alkanes of at least 4 members (excludes halogenated alkanes) is 9. The minimum atomic E-state index is -0.128. The molecular weight excluding hydrogens is 478 g/mol. The number of carbonyl (C=O) groups excluding carboxylic acids is 2. The molecule has 0 aliphatic heterocycles. The molecule has 6 nitrogen and oxygen atoms in total. The van der Waals surface area contributed by atoms with E-state index in [2.05, 4.69) is 18.7 Å². The van der Waals surface area contributed by atoms with E-state index in [-0.39, 0.29) is 24.5 Å². The van der Waals surface area contributed by atoms with E-state index in [9.17, 15) is 14.7 Å². The topological polar surface area (TPSA) is 76.1 Å². The predicted octanol–water partition coefficient (Wildman–Crippen LogP) is 7.60. The minimum absolute atomic E-state index is 0.0484. The number of esters is 2. The SMILES string of the molecule is CCCCCCCC(=O)OCC(CCCCN(CCO)C1CCCCCC1)COC(=O)CCCCCCC. The van der Waals surface area contributed by atoms with Crippen LogP contribution in [0.4, 0.5) is 0 Å². The quantitative estimate of drug-likeness (QED) is 0.0773. The Hall–Kier alpha value is -1.14. The van der Waals surface area contributed by atoms with Crippen molar-refractivity contribution in [2.24, 2.45) is 5.92 Å². The number of hydrogen-bond acceptors (Lipinski definition) is 6.